The molecular formula is C11H10BrCl2N3. The van der Waals surface area contributed by atoms with Crippen molar-refractivity contribution in [3.05, 3.63) is 38.8 Å². The molecule has 1 aromatic heterocycles. The predicted octanol–water partition coefficient (Wildman–Crippen LogP) is 4.29. The van der Waals surface area contributed by atoms with Crippen LogP contribution in [0.2, 0.25) is 10.3 Å². The van der Waals surface area contributed by atoms with Gasteiger partial charge in [-0.2, -0.15) is 0 Å². The lowest BCUT2D eigenvalue weighted by Crippen LogP contribution is -2.02. The standard InChI is InChI=1S/C11H10BrCl2N3/c1-2-3-10-15-16-11(14)17(10)9-5-4-7(13)6-8(9)12/h4-6H,2-3H2,1H3. The van der Waals surface area contributed by atoms with Crippen LogP contribution in [0.5, 0.6) is 0 Å². The summed E-state index contributed by atoms with van der Waals surface area (Å²) >= 11 is 15.4. The van der Waals surface area contributed by atoms with Crippen molar-refractivity contribution < 1.29 is 0 Å². The zero-order valence-corrected chi connectivity index (χ0v) is 12.2. The van der Waals surface area contributed by atoms with Crippen LogP contribution in [-0.4, -0.2) is 14.8 Å². The van der Waals surface area contributed by atoms with Gasteiger partial charge in [-0.25, -0.2) is 0 Å². The van der Waals surface area contributed by atoms with Gasteiger partial charge in [-0.05, 0) is 52.2 Å². The second-order valence-electron chi connectivity index (χ2n) is 3.57. The number of nitrogens with zero attached hydrogens (tertiary/aromatic N) is 3. The molecule has 0 saturated heterocycles. The molecule has 0 saturated carbocycles. The molecule has 0 unspecified atom stereocenters. The Morgan fingerprint density at radius 3 is 2.71 bits per heavy atom. The molecule has 90 valence electrons. The molecule has 0 N–H and O–H groups in total. The highest BCUT2D eigenvalue weighted by molar-refractivity contribution is 9.10. The van der Waals surface area contributed by atoms with Crippen LogP contribution in [0.1, 0.15) is 19.2 Å². The van der Waals surface area contributed by atoms with Crippen LogP contribution >= 0.6 is 39.1 Å². The van der Waals surface area contributed by atoms with Crippen LogP contribution in [0.25, 0.3) is 5.69 Å². The zero-order chi connectivity index (χ0) is 12.4. The summed E-state index contributed by atoms with van der Waals surface area (Å²) in [5, 5.41) is 9.00. The van der Waals surface area contributed by atoms with Crippen molar-refractivity contribution in [2.45, 2.75) is 19.8 Å². The lowest BCUT2D eigenvalue weighted by molar-refractivity contribution is 0.802. The third-order valence-electron chi connectivity index (χ3n) is 2.31. The Kier molecular flexibility index (Phi) is 4.07. The van der Waals surface area contributed by atoms with Crippen LogP contribution in [0, 0.1) is 0 Å². The first-order valence-corrected chi connectivity index (χ1v) is 6.73. The molecule has 0 aliphatic heterocycles. The fourth-order valence-electron chi connectivity index (χ4n) is 1.58. The van der Waals surface area contributed by atoms with E-state index in [0.29, 0.717) is 10.3 Å². The van der Waals surface area contributed by atoms with E-state index in [0.717, 1.165) is 28.8 Å². The summed E-state index contributed by atoms with van der Waals surface area (Å²) in [5.41, 5.74) is 0.896. The average molecular weight is 335 g/mol. The number of hydrogen-bond acceptors (Lipinski definition) is 2. The molecule has 3 nitrogen and oxygen atoms in total. The minimum absolute atomic E-state index is 0.358. The molecule has 0 amide bonds. The van der Waals surface area contributed by atoms with E-state index in [9.17, 15) is 0 Å². The monoisotopic (exact) mass is 333 g/mol. The summed E-state index contributed by atoms with van der Waals surface area (Å²) < 4.78 is 2.69. The first kappa shape index (κ1) is 12.9. The molecule has 0 aliphatic rings. The van der Waals surface area contributed by atoms with E-state index in [-0.39, 0.29) is 0 Å². The number of benzene rings is 1. The Balaban J connectivity index is 2.55. The first-order chi connectivity index (χ1) is 8.13. The lowest BCUT2D eigenvalue weighted by Gasteiger charge is -2.09. The van der Waals surface area contributed by atoms with Crippen molar-refractivity contribution in [2.75, 3.05) is 0 Å². The molecule has 1 aromatic carbocycles. The SMILES string of the molecule is CCCc1nnc(Cl)n1-c1ccc(Cl)cc1Br. The minimum Gasteiger partial charge on any atom is -0.269 e. The number of aryl methyl sites for hydroxylation is 1. The summed E-state index contributed by atoms with van der Waals surface area (Å²) in [4.78, 5) is 0. The van der Waals surface area contributed by atoms with E-state index >= 15 is 0 Å². The van der Waals surface area contributed by atoms with Crippen molar-refractivity contribution >= 4 is 39.1 Å². The van der Waals surface area contributed by atoms with Gasteiger partial charge in [0.05, 0.1) is 5.69 Å². The molecule has 0 atom stereocenters. The van der Waals surface area contributed by atoms with E-state index in [2.05, 4.69) is 33.1 Å². The molecule has 0 fully saturated rings. The van der Waals surface area contributed by atoms with Gasteiger partial charge in [0.15, 0.2) is 0 Å². The predicted molar refractivity (Wildman–Crippen MR) is 73.1 cm³/mol. The van der Waals surface area contributed by atoms with E-state index in [1.165, 1.54) is 0 Å². The van der Waals surface area contributed by atoms with Gasteiger partial charge < -0.3 is 0 Å². The fraction of sp³-hybridized carbons (Fsp3) is 0.273. The van der Waals surface area contributed by atoms with Gasteiger partial charge in [0.25, 0.3) is 0 Å². The molecule has 0 spiro atoms. The first-order valence-electron chi connectivity index (χ1n) is 5.18. The van der Waals surface area contributed by atoms with Gasteiger partial charge in [-0.1, -0.05) is 18.5 Å². The number of halogens is 3. The Bertz CT molecular complexity index is 540. The maximum Gasteiger partial charge on any atom is 0.229 e. The normalized spacial score (nSPS) is 10.8. The molecule has 2 rings (SSSR count). The lowest BCUT2D eigenvalue weighted by atomic mass is 10.3. The van der Waals surface area contributed by atoms with Crippen LogP contribution < -0.4 is 0 Å². The van der Waals surface area contributed by atoms with E-state index < -0.39 is 0 Å². The highest BCUT2D eigenvalue weighted by Gasteiger charge is 2.13. The topological polar surface area (TPSA) is 30.7 Å². The van der Waals surface area contributed by atoms with Crippen molar-refractivity contribution in [1.29, 1.82) is 0 Å². The maximum atomic E-state index is 6.06. The number of rotatable bonds is 3. The Morgan fingerprint density at radius 1 is 1.29 bits per heavy atom. The van der Waals surface area contributed by atoms with Crippen molar-refractivity contribution in [3.8, 4) is 5.69 Å². The van der Waals surface area contributed by atoms with E-state index in [1.54, 1.807) is 0 Å². The van der Waals surface area contributed by atoms with E-state index in [4.69, 9.17) is 23.2 Å². The molecule has 0 radical (unpaired) electrons. The second kappa shape index (κ2) is 5.38. The molecule has 0 bridgehead atoms. The second-order valence-corrected chi connectivity index (χ2v) is 5.20. The summed E-state index contributed by atoms with van der Waals surface area (Å²) in [6, 6.07) is 5.53. The fourth-order valence-corrected chi connectivity index (χ4v) is 2.67. The third-order valence-corrected chi connectivity index (χ3v) is 3.43. The molecular weight excluding hydrogens is 325 g/mol. The molecule has 0 aliphatic carbocycles. The van der Waals surface area contributed by atoms with Gasteiger partial charge in [-0.3, -0.25) is 4.57 Å². The average Bonchev–Trinajstić information content (AvgIpc) is 2.62. The quantitative estimate of drug-likeness (QED) is 0.838. The third kappa shape index (κ3) is 2.64. The highest BCUT2D eigenvalue weighted by Crippen LogP contribution is 2.28. The van der Waals surface area contributed by atoms with Crippen LogP contribution in [0.4, 0.5) is 0 Å². The van der Waals surface area contributed by atoms with Gasteiger partial charge in [-0.15, -0.1) is 10.2 Å². The van der Waals surface area contributed by atoms with Crippen molar-refractivity contribution in [1.82, 2.24) is 14.8 Å². The number of aromatic nitrogens is 3. The van der Waals surface area contributed by atoms with Crippen LogP contribution in [0.3, 0.4) is 0 Å². The van der Waals surface area contributed by atoms with Gasteiger partial charge in [0.2, 0.25) is 5.28 Å². The number of hydrogen-bond donors (Lipinski definition) is 0. The Labute approximate surface area is 118 Å². The summed E-state index contributed by atoms with van der Waals surface area (Å²) in [6.45, 7) is 2.09. The maximum absolute atomic E-state index is 6.06. The van der Waals surface area contributed by atoms with Gasteiger partial charge in [0, 0.05) is 15.9 Å². The van der Waals surface area contributed by atoms with E-state index in [1.807, 2.05) is 22.8 Å². The van der Waals surface area contributed by atoms with Gasteiger partial charge >= 0.3 is 0 Å². The van der Waals surface area contributed by atoms with Gasteiger partial charge in [0.1, 0.15) is 5.82 Å². The molecule has 2 aromatic rings. The molecule has 6 heteroatoms. The summed E-state index contributed by atoms with van der Waals surface area (Å²) in [5.74, 6) is 0.848. The Hall–Kier alpha value is -0.580. The summed E-state index contributed by atoms with van der Waals surface area (Å²) in [7, 11) is 0. The minimum atomic E-state index is 0.358. The smallest absolute Gasteiger partial charge is 0.229 e. The van der Waals surface area contributed by atoms with Crippen LogP contribution in [0.15, 0.2) is 22.7 Å². The highest BCUT2D eigenvalue weighted by atomic mass is 79.9. The van der Waals surface area contributed by atoms with Crippen LogP contribution in [-0.2, 0) is 6.42 Å². The molecule has 17 heavy (non-hydrogen) atoms. The van der Waals surface area contributed by atoms with Crippen molar-refractivity contribution in [2.24, 2.45) is 0 Å². The molecule has 1 heterocycles. The Morgan fingerprint density at radius 2 is 2.06 bits per heavy atom. The largest absolute Gasteiger partial charge is 0.269 e. The summed E-state index contributed by atoms with van der Waals surface area (Å²) in [6.07, 6.45) is 1.81. The van der Waals surface area contributed by atoms with Crippen molar-refractivity contribution in [3.63, 3.8) is 0 Å². The zero-order valence-electron chi connectivity index (χ0n) is 9.12.